The lowest BCUT2D eigenvalue weighted by atomic mass is 10.1. The molecule has 1 fully saturated rings. The van der Waals surface area contributed by atoms with Gasteiger partial charge in [0, 0.05) is 17.8 Å². The standard InChI is InChI=1S/C14H15FN2O3S2/c15-10-3-4-12-9(6-10)7-13(21-12)14(18)17-5-1-2-11(8-17)22(16,19)20/h3-4,6-7,11H,1-2,5,8H2,(H2,16,19,20). The summed E-state index contributed by atoms with van der Waals surface area (Å²) in [4.78, 5) is 14.5. The van der Waals surface area contributed by atoms with Gasteiger partial charge in [0.2, 0.25) is 10.0 Å². The molecular formula is C14H15FN2O3S2. The van der Waals surface area contributed by atoms with E-state index in [9.17, 15) is 17.6 Å². The van der Waals surface area contributed by atoms with Crippen LogP contribution in [-0.2, 0) is 10.0 Å². The Balaban J connectivity index is 1.85. The molecule has 2 heterocycles. The molecule has 0 radical (unpaired) electrons. The van der Waals surface area contributed by atoms with Crippen LogP contribution < -0.4 is 5.14 Å². The van der Waals surface area contributed by atoms with Crippen LogP contribution in [-0.4, -0.2) is 37.6 Å². The quantitative estimate of drug-likeness (QED) is 0.905. The first-order valence-electron chi connectivity index (χ1n) is 6.84. The number of carbonyl (C=O) groups excluding carboxylic acids is 1. The average molecular weight is 342 g/mol. The van der Waals surface area contributed by atoms with Crippen LogP contribution in [0.1, 0.15) is 22.5 Å². The summed E-state index contributed by atoms with van der Waals surface area (Å²) in [5.74, 6) is -0.577. The van der Waals surface area contributed by atoms with Crippen molar-refractivity contribution in [1.29, 1.82) is 0 Å². The first-order chi connectivity index (χ1) is 10.3. The molecule has 1 aliphatic rings. The minimum atomic E-state index is -3.64. The molecule has 1 atom stereocenters. The van der Waals surface area contributed by atoms with E-state index in [0.717, 1.165) is 4.70 Å². The van der Waals surface area contributed by atoms with Crippen LogP contribution in [0.3, 0.4) is 0 Å². The zero-order chi connectivity index (χ0) is 15.9. The van der Waals surface area contributed by atoms with Gasteiger partial charge in [0.15, 0.2) is 0 Å². The third-order valence-corrected chi connectivity index (χ3v) is 6.24. The molecule has 1 amide bonds. The van der Waals surface area contributed by atoms with Crippen molar-refractivity contribution in [2.45, 2.75) is 18.1 Å². The van der Waals surface area contributed by atoms with Gasteiger partial charge >= 0.3 is 0 Å². The van der Waals surface area contributed by atoms with Crippen LogP contribution in [0.5, 0.6) is 0 Å². The highest BCUT2D eigenvalue weighted by Crippen LogP contribution is 2.28. The third kappa shape index (κ3) is 2.99. The molecule has 0 spiro atoms. The van der Waals surface area contributed by atoms with Gasteiger partial charge in [-0.2, -0.15) is 0 Å². The molecule has 5 nitrogen and oxygen atoms in total. The summed E-state index contributed by atoms with van der Waals surface area (Å²) < 4.78 is 37.0. The molecule has 1 saturated heterocycles. The number of hydrogen-bond acceptors (Lipinski definition) is 4. The van der Waals surface area contributed by atoms with E-state index < -0.39 is 15.3 Å². The normalized spacial score (nSPS) is 19.5. The van der Waals surface area contributed by atoms with Crippen LogP contribution in [0.4, 0.5) is 4.39 Å². The maximum atomic E-state index is 13.2. The van der Waals surface area contributed by atoms with Crippen LogP contribution in [0, 0.1) is 5.82 Å². The van der Waals surface area contributed by atoms with Crippen molar-refractivity contribution in [3.05, 3.63) is 35.0 Å². The Morgan fingerprint density at radius 2 is 2.14 bits per heavy atom. The van der Waals surface area contributed by atoms with Gasteiger partial charge in [-0.3, -0.25) is 4.79 Å². The minimum Gasteiger partial charge on any atom is -0.337 e. The molecule has 22 heavy (non-hydrogen) atoms. The predicted molar refractivity (Wildman–Crippen MR) is 83.8 cm³/mol. The number of rotatable bonds is 2. The van der Waals surface area contributed by atoms with E-state index in [1.54, 1.807) is 12.1 Å². The zero-order valence-electron chi connectivity index (χ0n) is 11.7. The number of likely N-dealkylation sites (tertiary alicyclic amines) is 1. The first-order valence-corrected chi connectivity index (χ1v) is 9.27. The highest BCUT2D eigenvalue weighted by Gasteiger charge is 2.31. The third-order valence-electron chi connectivity index (χ3n) is 3.82. The molecular weight excluding hydrogens is 327 g/mol. The zero-order valence-corrected chi connectivity index (χ0v) is 13.3. The monoisotopic (exact) mass is 342 g/mol. The fraction of sp³-hybridized carbons (Fsp3) is 0.357. The summed E-state index contributed by atoms with van der Waals surface area (Å²) in [6.07, 6.45) is 1.08. The van der Waals surface area contributed by atoms with Crippen molar-refractivity contribution in [3.8, 4) is 0 Å². The van der Waals surface area contributed by atoms with Crippen molar-refractivity contribution in [2.75, 3.05) is 13.1 Å². The number of halogens is 1. The van der Waals surface area contributed by atoms with E-state index in [1.165, 1.54) is 28.4 Å². The molecule has 0 bridgehead atoms. The smallest absolute Gasteiger partial charge is 0.264 e. The Bertz CT molecular complexity index is 832. The van der Waals surface area contributed by atoms with Gasteiger partial charge < -0.3 is 4.90 Å². The topological polar surface area (TPSA) is 80.5 Å². The predicted octanol–water partition coefficient (Wildman–Crippen LogP) is 1.93. The highest BCUT2D eigenvalue weighted by molar-refractivity contribution is 7.89. The fourth-order valence-electron chi connectivity index (χ4n) is 2.67. The average Bonchev–Trinajstić information content (AvgIpc) is 2.88. The molecule has 1 aromatic carbocycles. The van der Waals surface area contributed by atoms with E-state index in [1.807, 2.05) is 0 Å². The maximum absolute atomic E-state index is 13.2. The van der Waals surface area contributed by atoms with E-state index >= 15 is 0 Å². The number of nitrogens with two attached hydrogens (primary N) is 1. The lowest BCUT2D eigenvalue weighted by molar-refractivity contribution is 0.0732. The fourth-order valence-corrected chi connectivity index (χ4v) is 4.56. The second-order valence-electron chi connectivity index (χ2n) is 5.40. The first kappa shape index (κ1) is 15.4. The molecule has 1 aromatic heterocycles. The molecule has 118 valence electrons. The van der Waals surface area contributed by atoms with Crippen LogP contribution in [0.15, 0.2) is 24.3 Å². The summed E-state index contributed by atoms with van der Waals surface area (Å²) in [5.41, 5.74) is 0. The van der Waals surface area contributed by atoms with Crippen LogP contribution in [0.25, 0.3) is 10.1 Å². The van der Waals surface area contributed by atoms with Gasteiger partial charge in [-0.1, -0.05) is 0 Å². The van der Waals surface area contributed by atoms with Gasteiger partial charge in [-0.25, -0.2) is 17.9 Å². The van der Waals surface area contributed by atoms with Crippen molar-refractivity contribution >= 4 is 37.4 Å². The van der Waals surface area contributed by atoms with Gasteiger partial charge in [-0.05, 0) is 42.5 Å². The Morgan fingerprint density at radius 3 is 2.86 bits per heavy atom. The molecule has 2 aromatic rings. The van der Waals surface area contributed by atoms with Gasteiger partial charge in [-0.15, -0.1) is 11.3 Å². The number of thiophene rings is 1. The Kier molecular flexibility index (Phi) is 3.92. The summed E-state index contributed by atoms with van der Waals surface area (Å²) in [7, 11) is -3.64. The summed E-state index contributed by atoms with van der Waals surface area (Å²) >= 11 is 1.28. The summed E-state index contributed by atoms with van der Waals surface area (Å²) in [6.45, 7) is 0.619. The van der Waals surface area contributed by atoms with Crippen molar-refractivity contribution in [3.63, 3.8) is 0 Å². The van der Waals surface area contributed by atoms with E-state index in [-0.39, 0.29) is 18.3 Å². The highest BCUT2D eigenvalue weighted by atomic mass is 32.2. The van der Waals surface area contributed by atoms with Crippen molar-refractivity contribution in [1.82, 2.24) is 4.90 Å². The van der Waals surface area contributed by atoms with Gasteiger partial charge in [0.25, 0.3) is 5.91 Å². The number of sulfonamides is 1. The number of piperidine rings is 1. The van der Waals surface area contributed by atoms with Crippen LogP contribution in [0.2, 0.25) is 0 Å². The lowest BCUT2D eigenvalue weighted by Crippen LogP contribution is -2.46. The Labute approximate surface area is 131 Å². The summed E-state index contributed by atoms with van der Waals surface area (Å²) in [6, 6.07) is 6.01. The maximum Gasteiger partial charge on any atom is 0.264 e. The van der Waals surface area contributed by atoms with E-state index in [4.69, 9.17) is 5.14 Å². The largest absolute Gasteiger partial charge is 0.337 e. The second-order valence-corrected chi connectivity index (χ2v) is 8.33. The SMILES string of the molecule is NS(=O)(=O)C1CCCN(C(=O)c2cc3cc(F)ccc3s2)C1. The minimum absolute atomic E-state index is 0.111. The number of carbonyl (C=O) groups is 1. The number of hydrogen-bond donors (Lipinski definition) is 1. The van der Waals surface area contributed by atoms with Crippen molar-refractivity contribution in [2.24, 2.45) is 5.14 Å². The number of primary sulfonamides is 1. The molecule has 2 N–H and O–H groups in total. The second kappa shape index (κ2) is 5.60. The van der Waals surface area contributed by atoms with Gasteiger partial charge in [0.05, 0.1) is 10.1 Å². The van der Waals surface area contributed by atoms with E-state index in [0.29, 0.717) is 29.6 Å². The molecule has 8 heteroatoms. The van der Waals surface area contributed by atoms with E-state index in [2.05, 4.69) is 0 Å². The summed E-state index contributed by atoms with van der Waals surface area (Å²) in [5, 5.41) is 5.15. The molecule has 0 aliphatic carbocycles. The number of amides is 1. The number of fused-ring (bicyclic) bond motifs is 1. The molecule has 0 saturated carbocycles. The Morgan fingerprint density at radius 1 is 1.36 bits per heavy atom. The number of nitrogens with zero attached hydrogens (tertiary/aromatic N) is 1. The lowest BCUT2D eigenvalue weighted by Gasteiger charge is -2.31. The Hall–Kier alpha value is -1.51. The van der Waals surface area contributed by atoms with Gasteiger partial charge in [0.1, 0.15) is 5.82 Å². The number of benzene rings is 1. The molecule has 1 aliphatic heterocycles. The van der Waals surface area contributed by atoms with Crippen molar-refractivity contribution < 1.29 is 17.6 Å². The molecule has 1 unspecified atom stereocenters. The van der Waals surface area contributed by atoms with Crippen LogP contribution >= 0.6 is 11.3 Å². The molecule has 3 rings (SSSR count).